The molecule has 1 aliphatic rings. The van der Waals surface area contributed by atoms with Crippen LogP contribution in [0.15, 0.2) is 36.4 Å². The molecule has 1 fully saturated rings. The van der Waals surface area contributed by atoms with E-state index in [1.165, 1.54) is 18.4 Å². The van der Waals surface area contributed by atoms with Crippen LogP contribution < -0.4 is 5.32 Å². The van der Waals surface area contributed by atoms with Crippen molar-refractivity contribution in [1.29, 1.82) is 0 Å². The topological polar surface area (TPSA) is 12.0 Å². The normalized spacial score (nSPS) is 14.6. The summed E-state index contributed by atoms with van der Waals surface area (Å²) in [6.45, 7) is 4.90. The van der Waals surface area contributed by atoms with Gasteiger partial charge in [-0.1, -0.05) is 23.8 Å². The van der Waals surface area contributed by atoms with Crippen molar-refractivity contribution in [3.8, 4) is 11.1 Å². The number of rotatable bonds is 4. The summed E-state index contributed by atoms with van der Waals surface area (Å²) in [5.41, 5.74) is 5.13. The van der Waals surface area contributed by atoms with Crippen LogP contribution in [0.1, 0.15) is 29.5 Å². The number of nitrogens with one attached hydrogen (secondary N) is 1. The number of hydrogen-bond donors (Lipinski definition) is 1. The van der Waals surface area contributed by atoms with Crippen LogP contribution in [-0.2, 0) is 6.54 Å². The maximum atomic E-state index is 14.1. The molecule has 0 saturated heterocycles. The zero-order chi connectivity index (χ0) is 14.1. The van der Waals surface area contributed by atoms with E-state index in [4.69, 9.17) is 0 Å². The summed E-state index contributed by atoms with van der Waals surface area (Å²) < 4.78 is 14.1. The Morgan fingerprint density at radius 1 is 1.05 bits per heavy atom. The minimum atomic E-state index is -0.147. The van der Waals surface area contributed by atoms with Gasteiger partial charge in [-0.15, -0.1) is 0 Å². The predicted molar refractivity (Wildman–Crippen MR) is 81.2 cm³/mol. The SMILES string of the molecule is Cc1ccc(F)c(-c2cc(CNC3CC3)ccc2C)c1. The van der Waals surface area contributed by atoms with E-state index in [1.54, 1.807) is 6.07 Å². The maximum Gasteiger partial charge on any atom is 0.131 e. The summed E-state index contributed by atoms with van der Waals surface area (Å²) >= 11 is 0. The second kappa shape index (κ2) is 5.37. The van der Waals surface area contributed by atoms with Crippen molar-refractivity contribution in [2.24, 2.45) is 0 Å². The lowest BCUT2D eigenvalue weighted by Crippen LogP contribution is -2.15. The lowest BCUT2D eigenvalue weighted by molar-refractivity contribution is 0.630. The van der Waals surface area contributed by atoms with Crippen molar-refractivity contribution < 1.29 is 4.39 Å². The minimum Gasteiger partial charge on any atom is -0.310 e. The van der Waals surface area contributed by atoms with Crippen LogP contribution in [-0.4, -0.2) is 6.04 Å². The summed E-state index contributed by atoms with van der Waals surface area (Å²) in [6.07, 6.45) is 2.57. The Morgan fingerprint density at radius 2 is 1.85 bits per heavy atom. The largest absolute Gasteiger partial charge is 0.310 e. The van der Waals surface area contributed by atoms with E-state index in [9.17, 15) is 4.39 Å². The van der Waals surface area contributed by atoms with E-state index in [0.717, 1.165) is 23.2 Å². The van der Waals surface area contributed by atoms with Gasteiger partial charge in [0.25, 0.3) is 0 Å². The summed E-state index contributed by atoms with van der Waals surface area (Å²) in [5.74, 6) is -0.147. The number of benzene rings is 2. The molecule has 0 amide bonds. The molecule has 0 spiro atoms. The molecule has 0 aliphatic heterocycles. The van der Waals surface area contributed by atoms with E-state index < -0.39 is 0 Å². The highest BCUT2D eigenvalue weighted by atomic mass is 19.1. The molecule has 0 aromatic heterocycles. The van der Waals surface area contributed by atoms with E-state index in [2.05, 4.69) is 23.5 Å². The fourth-order valence-corrected chi connectivity index (χ4v) is 2.46. The van der Waals surface area contributed by atoms with Crippen LogP contribution >= 0.6 is 0 Å². The van der Waals surface area contributed by atoms with Crippen LogP contribution in [0.2, 0.25) is 0 Å². The molecule has 104 valence electrons. The Labute approximate surface area is 119 Å². The van der Waals surface area contributed by atoms with E-state index in [1.807, 2.05) is 26.0 Å². The highest BCUT2D eigenvalue weighted by molar-refractivity contribution is 5.69. The van der Waals surface area contributed by atoms with E-state index in [0.29, 0.717) is 11.6 Å². The number of aryl methyl sites for hydroxylation is 2. The van der Waals surface area contributed by atoms with Crippen LogP contribution in [0.4, 0.5) is 4.39 Å². The summed E-state index contributed by atoms with van der Waals surface area (Å²) in [7, 11) is 0. The zero-order valence-corrected chi connectivity index (χ0v) is 12.0. The summed E-state index contributed by atoms with van der Waals surface area (Å²) in [6, 6.07) is 12.3. The van der Waals surface area contributed by atoms with Crippen LogP contribution in [0, 0.1) is 19.7 Å². The minimum absolute atomic E-state index is 0.147. The Morgan fingerprint density at radius 3 is 2.60 bits per heavy atom. The second-order valence-electron chi connectivity index (χ2n) is 5.79. The Kier molecular flexibility index (Phi) is 3.58. The summed E-state index contributed by atoms with van der Waals surface area (Å²) in [4.78, 5) is 0. The molecule has 1 aliphatic carbocycles. The molecular formula is C18H20FN. The second-order valence-corrected chi connectivity index (χ2v) is 5.79. The molecule has 3 rings (SSSR count). The van der Waals surface area contributed by atoms with Crippen molar-refractivity contribution in [3.05, 3.63) is 58.9 Å². The molecule has 0 radical (unpaired) electrons. The monoisotopic (exact) mass is 269 g/mol. The van der Waals surface area contributed by atoms with Gasteiger partial charge in [0.1, 0.15) is 5.82 Å². The van der Waals surface area contributed by atoms with Gasteiger partial charge in [0.05, 0.1) is 0 Å². The van der Waals surface area contributed by atoms with Crippen molar-refractivity contribution in [1.82, 2.24) is 5.32 Å². The van der Waals surface area contributed by atoms with E-state index >= 15 is 0 Å². The first kappa shape index (κ1) is 13.3. The average Bonchev–Trinajstić information content (AvgIpc) is 3.25. The molecule has 0 atom stereocenters. The van der Waals surface area contributed by atoms with Crippen molar-refractivity contribution in [3.63, 3.8) is 0 Å². The molecule has 2 aromatic rings. The lowest BCUT2D eigenvalue weighted by Gasteiger charge is -2.11. The maximum absolute atomic E-state index is 14.1. The average molecular weight is 269 g/mol. The quantitative estimate of drug-likeness (QED) is 0.869. The lowest BCUT2D eigenvalue weighted by atomic mass is 9.96. The summed E-state index contributed by atoms with van der Waals surface area (Å²) in [5, 5.41) is 3.50. The first-order valence-electron chi connectivity index (χ1n) is 7.23. The third-order valence-electron chi connectivity index (χ3n) is 3.89. The first-order chi connectivity index (χ1) is 9.63. The molecular weight excluding hydrogens is 249 g/mol. The van der Waals surface area contributed by atoms with Crippen LogP contribution in [0.3, 0.4) is 0 Å². The van der Waals surface area contributed by atoms with Gasteiger partial charge in [-0.05, 0) is 61.6 Å². The van der Waals surface area contributed by atoms with Gasteiger partial charge >= 0.3 is 0 Å². The van der Waals surface area contributed by atoms with Crippen molar-refractivity contribution >= 4 is 0 Å². The van der Waals surface area contributed by atoms with Crippen molar-refractivity contribution in [2.45, 2.75) is 39.3 Å². The van der Waals surface area contributed by atoms with Gasteiger partial charge in [0, 0.05) is 18.2 Å². The molecule has 0 unspecified atom stereocenters. The molecule has 0 bridgehead atoms. The molecule has 1 nitrogen and oxygen atoms in total. The van der Waals surface area contributed by atoms with Gasteiger partial charge in [0.2, 0.25) is 0 Å². The molecule has 1 saturated carbocycles. The fourth-order valence-electron chi connectivity index (χ4n) is 2.46. The third-order valence-corrected chi connectivity index (χ3v) is 3.89. The molecule has 2 aromatic carbocycles. The smallest absolute Gasteiger partial charge is 0.131 e. The van der Waals surface area contributed by atoms with Gasteiger partial charge in [-0.2, -0.15) is 0 Å². The third kappa shape index (κ3) is 2.91. The van der Waals surface area contributed by atoms with Gasteiger partial charge < -0.3 is 5.32 Å². The van der Waals surface area contributed by atoms with Crippen molar-refractivity contribution in [2.75, 3.05) is 0 Å². The molecule has 2 heteroatoms. The molecule has 1 N–H and O–H groups in total. The first-order valence-corrected chi connectivity index (χ1v) is 7.23. The van der Waals surface area contributed by atoms with Crippen LogP contribution in [0.25, 0.3) is 11.1 Å². The Bertz CT molecular complexity index is 629. The molecule has 20 heavy (non-hydrogen) atoms. The van der Waals surface area contributed by atoms with Gasteiger partial charge in [0.15, 0.2) is 0 Å². The Balaban J connectivity index is 1.94. The van der Waals surface area contributed by atoms with Crippen LogP contribution in [0.5, 0.6) is 0 Å². The van der Waals surface area contributed by atoms with Gasteiger partial charge in [-0.25, -0.2) is 4.39 Å². The van der Waals surface area contributed by atoms with E-state index in [-0.39, 0.29) is 5.82 Å². The molecule has 0 heterocycles. The number of halogens is 1. The highest BCUT2D eigenvalue weighted by Gasteiger charge is 2.20. The highest BCUT2D eigenvalue weighted by Crippen LogP contribution is 2.28. The standard InChI is InChI=1S/C18H20FN/c1-12-3-8-18(19)17(9-12)16-10-14(5-4-13(16)2)11-20-15-6-7-15/h3-5,8-10,15,20H,6-7,11H2,1-2H3. The van der Waals surface area contributed by atoms with Gasteiger partial charge in [-0.3, -0.25) is 0 Å². The zero-order valence-electron chi connectivity index (χ0n) is 12.0. The number of hydrogen-bond acceptors (Lipinski definition) is 1. The predicted octanol–water partition coefficient (Wildman–Crippen LogP) is 4.36. The fraction of sp³-hybridized carbons (Fsp3) is 0.333. The Hall–Kier alpha value is -1.67.